The number of nitrogens with two attached hydrogens (primary N) is 1. The number of nitrogen functional groups attached to an aromatic ring is 1. The molecule has 1 fully saturated rings. The Morgan fingerprint density at radius 3 is 3.05 bits per heavy atom. The predicted molar refractivity (Wildman–Crippen MR) is 80.6 cm³/mol. The Morgan fingerprint density at radius 1 is 1.40 bits per heavy atom. The Balaban J connectivity index is 1.79. The zero-order valence-corrected chi connectivity index (χ0v) is 12.2. The number of rotatable bonds is 4. The molecule has 1 atom stereocenters. The maximum Gasteiger partial charge on any atom is 0.226 e. The Bertz CT molecular complexity index is 448. The Hall–Kier alpha value is -1.71. The zero-order valence-electron chi connectivity index (χ0n) is 12.2. The van der Waals surface area contributed by atoms with Gasteiger partial charge in [0.2, 0.25) is 5.91 Å². The quantitative estimate of drug-likeness (QED) is 0.860. The van der Waals surface area contributed by atoms with Crippen molar-refractivity contribution in [2.45, 2.75) is 45.1 Å². The highest BCUT2D eigenvalue weighted by atomic mass is 16.5. The van der Waals surface area contributed by atoms with Gasteiger partial charge in [-0.3, -0.25) is 4.79 Å². The molecule has 110 valence electrons. The predicted octanol–water partition coefficient (Wildman–Crippen LogP) is 2.83. The smallest absolute Gasteiger partial charge is 0.226 e. The SMILES string of the molecule is CC1CCCCCN1C(=O)CCOc1cccc(N)c1. The molecular weight excluding hydrogens is 252 g/mol. The highest BCUT2D eigenvalue weighted by Gasteiger charge is 2.21. The third-order valence-electron chi connectivity index (χ3n) is 3.82. The molecule has 1 amide bonds. The van der Waals surface area contributed by atoms with Gasteiger partial charge in [0.1, 0.15) is 5.75 Å². The van der Waals surface area contributed by atoms with Crippen molar-refractivity contribution in [2.24, 2.45) is 0 Å². The lowest BCUT2D eigenvalue weighted by Crippen LogP contribution is -2.38. The number of ether oxygens (including phenoxy) is 1. The van der Waals surface area contributed by atoms with Crippen LogP contribution in [-0.4, -0.2) is 30.0 Å². The van der Waals surface area contributed by atoms with Crippen molar-refractivity contribution >= 4 is 11.6 Å². The van der Waals surface area contributed by atoms with Crippen LogP contribution in [0.25, 0.3) is 0 Å². The summed E-state index contributed by atoms with van der Waals surface area (Å²) in [5.74, 6) is 0.921. The standard InChI is InChI=1S/C16H24N2O2/c1-13-6-3-2-4-10-18(13)16(19)9-11-20-15-8-5-7-14(17)12-15/h5,7-8,12-13H,2-4,6,9-11,17H2,1H3. The van der Waals surface area contributed by atoms with E-state index in [-0.39, 0.29) is 5.91 Å². The maximum atomic E-state index is 12.2. The number of nitrogens with zero attached hydrogens (tertiary/aromatic N) is 1. The van der Waals surface area contributed by atoms with Gasteiger partial charge in [0, 0.05) is 24.3 Å². The average Bonchev–Trinajstić information content (AvgIpc) is 2.63. The van der Waals surface area contributed by atoms with E-state index in [0.717, 1.165) is 25.1 Å². The van der Waals surface area contributed by atoms with E-state index in [1.807, 2.05) is 23.1 Å². The third-order valence-corrected chi connectivity index (χ3v) is 3.82. The van der Waals surface area contributed by atoms with Gasteiger partial charge in [-0.05, 0) is 31.9 Å². The van der Waals surface area contributed by atoms with Gasteiger partial charge in [-0.1, -0.05) is 18.9 Å². The number of benzene rings is 1. The maximum absolute atomic E-state index is 12.2. The summed E-state index contributed by atoms with van der Waals surface area (Å²) >= 11 is 0. The first kappa shape index (κ1) is 14.7. The van der Waals surface area contributed by atoms with Crippen LogP contribution in [0, 0.1) is 0 Å². The molecule has 1 unspecified atom stereocenters. The van der Waals surface area contributed by atoms with Crippen LogP contribution in [0.15, 0.2) is 24.3 Å². The van der Waals surface area contributed by atoms with Crippen molar-refractivity contribution in [3.8, 4) is 5.75 Å². The highest BCUT2D eigenvalue weighted by molar-refractivity contribution is 5.76. The van der Waals surface area contributed by atoms with Crippen LogP contribution in [0.1, 0.15) is 39.0 Å². The van der Waals surface area contributed by atoms with Gasteiger partial charge in [0.15, 0.2) is 0 Å². The van der Waals surface area contributed by atoms with Gasteiger partial charge in [0.25, 0.3) is 0 Å². The molecule has 0 aromatic heterocycles. The molecule has 2 N–H and O–H groups in total. The van der Waals surface area contributed by atoms with Crippen LogP contribution in [0.3, 0.4) is 0 Å². The lowest BCUT2D eigenvalue weighted by atomic mass is 10.1. The number of anilines is 1. The number of amides is 1. The topological polar surface area (TPSA) is 55.6 Å². The van der Waals surface area contributed by atoms with Crippen LogP contribution in [0.5, 0.6) is 5.75 Å². The van der Waals surface area contributed by atoms with E-state index in [1.54, 1.807) is 6.07 Å². The van der Waals surface area contributed by atoms with Crippen molar-refractivity contribution in [1.29, 1.82) is 0 Å². The molecular formula is C16H24N2O2. The largest absolute Gasteiger partial charge is 0.493 e. The van der Waals surface area contributed by atoms with Crippen LogP contribution in [0.2, 0.25) is 0 Å². The number of likely N-dealkylation sites (tertiary alicyclic amines) is 1. The first-order valence-corrected chi connectivity index (χ1v) is 7.44. The van der Waals surface area contributed by atoms with Crippen molar-refractivity contribution < 1.29 is 9.53 Å². The molecule has 4 nitrogen and oxygen atoms in total. The molecule has 1 aromatic carbocycles. The molecule has 0 aliphatic carbocycles. The fraction of sp³-hybridized carbons (Fsp3) is 0.562. The molecule has 0 spiro atoms. The van der Waals surface area contributed by atoms with Crippen LogP contribution < -0.4 is 10.5 Å². The molecule has 0 bridgehead atoms. The molecule has 0 radical (unpaired) electrons. The lowest BCUT2D eigenvalue weighted by Gasteiger charge is -2.27. The van der Waals surface area contributed by atoms with E-state index in [1.165, 1.54) is 12.8 Å². The minimum Gasteiger partial charge on any atom is -0.493 e. The van der Waals surface area contributed by atoms with E-state index in [0.29, 0.717) is 24.8 Å². The normalized spacial score (nSPS) is 19.4. The summed E-state index contributed by atoms with van der Waals surface area (Å²) in [4.78, 5) is 14.2. The lowest BCUT2D eigenvalue weighted by molar-refractivity contribution is -0.133. The molecule has 1 aliphatic heterocycles. The van der Waals surface area contributed by atoms with E-state index in [2.05, 4.69) is 6.92 Å². The molecule has 0 saturated carbocycles. The van der Waals surface area contributed by atoms with Crippen molar-refractivity contribution in [1.82, 2.24) is 4.90 Å². The second-order valence-corrected chi connectivity index (χ2v) is 5.46. The third kappa shape index (κ3) is 4.15. The molecule has 1 saturated heterocycles. The van der Waals surface area contributed by atoms with Crippen molar-refractivity contribution in [3.05, 3.63) is 24.3 Å². The number of hydrogen-bond acceptors (Lipinski definition) is 3. The first-order chi connectivity index (χ1) is 9.66. The minimum absolute atomic E-state index is 0.198. The Kier molecular flexibility index (Phi) is 5.27. The van der Waals surface area contributed by atoms with Crippen molar-refractivity contribution in [2.75, 3.05) is 18.9 Å². The highest BCUT2D eigenvalue weighted by Crippen LogP contribution is 2.18. The molecule has 20 heavy (non-hydrogen) atoms. The number of carbonyl (C=O) groups excluding carboxylic acids is 1. The van der Waals surface area contributed by atoms with Gasteiger partial charge >= 0.3 is 0 Å². The first-order valence-electron chi connectivity index (χ1n) is 7.44. The molecule has 1 aliphatic rings. The summed E-state index contributed by atoms with van der Waals surface area (Å²) in [6.45, 7) is 3.44. The summed E-state index contributed by atoms with van der Waals surface area (Å²) in [6, 6.07) is 7.66. The van der Waals surface area contributed by atoms with Crippen LogP contribution in [0.4, 0.5) is 5.69 Å². The summed E-state index contributed by atoms with van der Waals surface area (Å²) in [6.07, 6.45) is 5.12. The van der Waals surface area contributed by atoms with Crippen molar-refractivity contribution in [3.63, 3.8) is 0 Å². The minimum atomic E-state index is 0.198. The van der Waals surface area contributed by atoms with E-state index < -0.39 is 0 Å². The van der Waals surface area contributed by atoms with Gasteiger partial charge in [-0.15, -0.1) is 0 Å². The summed E-state index contributed by atoms with van der Waals surface area (Å²) in [5.41, 5.74) is 6.36. The second kappa shape index (κ2) is 7.17. The fourth-order valence-corrected chi connectivity index (χ4v) is 2.65. The summed E-state index contributed by atoms with van der Waals surface area (Å²) < 4.78 is 5.59. The Morgan fingerprint density at radius 2 is 2.25 bits per heavy atom. The van der Waals surface area contributed by atoms with E-state index >= 15 is 0 Å². The van der Waals surface area contributed by atoms with Gasteiger partial charge in [0.05, 0.1) is 13.0 Å². The summed E-state index contributed by atoms with van der Waals surface area (Å²) in [5, 5.41) is 0. The Labute approximate surface area is 120 Å². The molecule has 1 aromatic rings. The molecule has 1 heterocycles. The zero-order chi connectivity index (χ0) is 14.4. The fourth-order valence-electron chi connectivity index (χ4n) is 2.65. The van der Waals surface area contributed by atoms with Crippen LogP contribution in [-0.2, 0) is 4.79 Å². The number of hydrogen-bond donors (Lipinski definition) is 1. The monoisotopic (exact) mass is 276 g/mol. The van der Waals surface area contributed by atoms with E-state index in [4.69, 9.17) is 10.5 Å². The second-order valence-electron chi connectivity index (χ2n) is 5.46. The van der Waals surface area contributed by atoms with Crippen LogP contribution >= 0.6 is 0 Å². The molecule has 2 rings (SSSR count). The van der Waals surface area contributed by atoms with Gasteiger partial charge in [-0.2, -0.15) is 0 Å². The number of carbonyl (C=O) groups is 1. The summed E-state index contributed by atoms with van der Waals surface area (Å²) in [7, 11) is 0. The van der Waals surface area contributed by atoms with Gasteiger partial charge in [-0.25, -0.2) is 0 Å². The van der Waals surface area contributed by atoms with E-state index in [9.17, 15) is 4.79 Å². The molecule has 4 heteroatoms. The average molecular weight is 276 g/mol. The van der Waals surface area contributed by atoms with Gasteiger partial charge < -0.3 is 15.4 Å².